The summed E-state index contributed by atoms with van der Waals surface area (Å²) in [4.78, 5) is 12.4. The minimum atomic E-state index is -4.56. The highest BCUT2D eigenvalue weighted by atomic mass is 35.5. The molecule has 0 heterocycles. The molecule has 1 amide bonds. The molecule has 0 fully saturated rings. The monoisotopic (exact) mass is 684 g/mol. The van der Waals surface area contributed by atoms with Gasteiger partial charge in [-0.1, -0.05) is 54.1 Å². The van der Waals surface area contributed by atoms with Crippen molar-refractivity contribution in [3.8, 4) is 17.2 Å². The number of ether oxygens (including phenoxy) is 1. The number of benzene rings is 5. The number of amides is 1. The van der Waals surface area contributed by atoms with Gasteiger partial charge in [0.25, 0.3) is 5.91 Å². The van der Waals surface area contributed by atoms with Crippen LogP contribution in [0.25, 0.3) is 0 Å². The summed E-state index contributed by atoms with van der Waals surface area (Å²) in [7, 11) is -4.56. The first-order valence-corrected chi connectivity index (χ1v) is 15.7. The van der Waals surface area contributed by atoms with Crippen molar-refractivity contribution in [3.63, 3.8) is 0 Å². The van der Waals surface area contributed by atoms with E-state index in [1.54, 1.807) is 42.5 Å². The van der Waals surface area contributed by atoms with Gasteiger partial charge in [0.1, 0.15) is 28.0 Å². The summed E-state index contributed by atoms with van der Waals surface area (Å²) >= 11 is 6.25. The maximum Gasteiger partial charge on any atom is 0.416 e. The van der Waals surface area contributed by atoms with Crippen molar-refractivity contribution in [2.45, 2.75) is 24.2 Å². The van der Waals surface area contributed by atoms with Gasteiger partial charge in [-0.3, -0.25) is 4.79 Å². The number of carbonyl (C=O) groups excluding carboxylic acids is 1. The SMILES string of the molecule is O=C(Nc1ccccc1)c1cc(Cl)cc(S(=O)(=O)N(Cc2ccc(F)cc2)Cc2ccc(Oc3ccc(C(F)(F)F)cc3)cc2)c1O. The third kappa shape index (κ3) is 8.28. The van der Waals surface area contributed by atoms with E-state index in [1.807, 2.05) is 0 Å². The number of hydrogen-bond acceptors (Lipinski definition) is 5. The van der Waals surface area contributed by atoms with Gasteiger partial charge in [0.2, 0.25) is 10.0 Å². The normalized spacial score (nSPS) is 11.8. The van der Waals surface area contributed by atoms with E-state index in [0.29, 0.717) is 16.8 Å². The van der Waals surface area contributed by atoms with Crippen LogP contribution in [0.2, 0.25) is 5.02 Å². The number of halogens is 5. The minimum Gasteiger partial charge on any atom is -0.506 e. The van der Waals surface area contributed by atoms with Crippen molar-refractivity contribution in [2.75, 3.05) is 5.32 Å². The Bertz CT molecular complexity index is 1970. The summed E-state index contributed by atoms with van der Waals surface area (Å²) in [5.74, 6) is -1.68. The Morgan fingerprint density at radius 2 is 1.34 bits per heavy atom. The van der Waals surface area contributed by atoms with E-state index < -0.39 is 44.1 Å². The highest BCUT2D eigenvalue weighted by Gasteiger charge is 2.32. The number of phenols is 1. The topological polar surface area (TPSA) is 95.9 Å². The zero-order valence-electron chi connectivity index (χ0n) is 24.2. The van der Waals surface area contributed by atoms with Crippen LogP contribution >= 0.6 is 11.6 Å². The molecule has 0 aliphatic heterocycles. The number of anilines is 1. The molecule has 0 saturated carbocycles. The second kappa shape index (κ2) is 13.8. The van der Waals surface area contributed by atoms with Crippen LogP contribution in [0.4, 0.5) is 23.2 Å². The number of sulfonamides is 1. The van der Waals surface area contributed by atoms with Gasteiger partial charge in [-0.15, -0.1) is 0 Å². The first-order valence-electron chi connectivity index (χ1n) is 13.9. The van der Waals surface area contributed by atoms with E-state index in [2.05, 4.69) is 5.32 Å². The Morgan fingerprint density at radius 3 is 1.89 bits per heavy atom. The second-order valence-corrected chi connectivity index (χ2v) is 12.6. The number of alkyl halides is 3. The molecule has 0 aromatic heterocycles. The quantitative estimate of drug-likeness (QED) is 0.144. The van der Waals surface area contributed by atoms with Crippen LogP contribution < -0.4 is 10.1 Å². The van der Waals surface area contributed by atoms with Gasteiger partial charge >= 0.3 is 6.18 Å². The van der Waals surface area contributed by atoms with Crippen molar-refractivity contribution in [2.24, 2.45) is 0 Å². The van der Waals surface area contributed by atoms with Crippen LogP contribution in [0, 0.1) is 5.82 Å². The summed E-state index contributed by atoms with van der Waals surface area (Å²) in [5, 5.41) is 13.6. The predicted molar refractivity (Wildman–Crippen MR) is 168 cm³/mol. The van der Waals surface area contributed by atoms with Crippen molar-refractivity contribution < 1.29 is 40.6 Å². The van der Waals surface area contributed by atoms with Crippen molar-refractivity contribution in [1.29, 1.82) is 0 Å². The Balaban J connectivity index is 1.43. The summed E-state index contributed by atoms with van der Waals surface area (Å²) in [6.45, 7) is -0.484. The molecule has 0 unspecified atom stereocenters. The maximum atomic E-state index is 14.1. The fourth-order valence-electron chi connectivity index (χ4n) is 4.54. The fourth-order valence-corrected chi connectivity index (χ4v) is 6.37. The molecular formula is C34H25ClF4N2O5S. The molecule has 0 atom stereocenters. The van der Waals surface area contributed by atoms with E-state index >= 15 is 0 Å². The lowest BCUT2D eigenvalue weighted by molar-refractivity contribution is -0.137. The minimum absolute atomic E-state index is 0.119. The molecule has 47 heavy (non-hydrogen) atoms. The average molecular weight is 685 g/mol. The van der Waals surface area contributed by atoms with E-state index in [1.165, 1.54) is 48.5 Å². The number of aromatic hydroxyl groups is 1. The van der Waals surface area contributed by atoms with Crippen LogP contribution in [0.15, 0.2) is 120 Å². The van der Waals surface area contributed by atoms with Gasteiger partial charge in [0, 0.05) is 23.8 Å². The molecule has 0 aliphatic rings. The molecule has 0 bridgehead atoms. The third-order valence-electron chi connectivity index (χ3n) is 6.91. The molecule has 0 saturated heterocycles. The molecule has 0 spiro atoms. The van der Waals surface area contributed by atoms with Crippen LogP contribution in [0.3, 0.4) is 0 Å². The molecule has 13 heteroatoms. The lowest BCUT2D eigenvalue weighted by Gasteiger charge is -2.24. The zero-order valence-corrected chi connectivity index (χ0v) is 25.8. The van der Waals surface area contributed by atoms with Crippen LogP contribution in [0.5, 0.6) is 17.2 Å². The summed E-state index contributed by atoms with van der Waals surface area (Å²) in [6.07, 6.45) is -4.49. The Labute approximate surface area is 272 Å². The standard InChI is InChI=1S/C34H25ClF4N2O5S/c35-25-18-30(33(43)40-27-4-2-1-3-5-27)32(42)31(19-25)47(44,45)41(20-22-6-12-26(36)13-7-22)21-23-8-14-28(15-9-23)46-29-16-10-24(11-17-29)34(37,38)39/h1-19,42H,20-21H2,(H,40,43). The molecule has 7 nitrogen and oxygen atoms in total. The fraction of sp³-hybridized carbons (Fsp3) is 0.0882. The summed E-state index contributed by atoms with van der Waals surface area (Å²) < 4.78 is 87.2. The molecule has 242 valence electrons. The van der Waals surface area contributed by atoms with E-state index in [9.17, 15) is 35.9 Å². The van der Waals surface area contributed by atoms with Gasteiger partial charge in [0.15, 0.2) is 0 Å². The molecule has 5 aromatic carbocycles. The number of phenolic OH excluding ortho intramolecular Hbond substituents is 1. The van der Waals surface area contributed by atoms with Gasteiger partial charge in [-0.25, -0.2) is 12.8 Å². The van der Waals surface area contributed by atoms with Crippen LogP contribution in [-0.4, -0.2) is 23.7 Å². The Hall–Kier alpha value is -4.91. The first-order chi connectivity index (χ1) is 22.3. The van der Waals surface area contributed by atoms with Gasteiger partial charge in [-0.2, -0.15) is 17.5 Å². The number of nitrogens with zero attached hydrogens (tertiary/aromatic N) is 1. The number of rotatable bonds is 10. The smallest absolute Gasteiger partial charge is 0.416 e. The predicted octanol–water partition coefficient (Wildman–Crippen LogP) is 8.64. The zero-order chi connectivity index (χ0) is 33.8. The van der Waals surface area contributed by atoms with Crippen LogP contribution in [-0.2, 0) is 29.3 Å². The molecular weight excluding hydrogens is 660 g/mol. The highest BCUT2D eigenvalue weighted by molar-refractivity contribution is 7.89. The van der Waals surface area contributed by atoms with Gasteiger partial charge < -0.3 is 15.2 Å². The Morgan fingerprint density at radius 1 is 0.809 bits per heavy atom. The largest absolute Gasteiger partial charge is 0.506 e. The first kappa shape index (κ1) is 33.5. The van der Waals surface area contributed by atoms with Crippen molar-refractivity contribution in [3.05, 3.63) is 148 Å². The number of hydrogen-bond donors (Lipinski definition) is 2. The molecule has 5 rings (SSSR count). The van der Waals surface area contributed by atoms with Gasteiger partial charge in [-0.05, 0) is 83.9 Å². The van der Waals surface area contributed by atoms with E-state index in [0.717, 1.165) is 28.6 Å². The van der Waals surface area contributed by atoms with E-state index in [-0.39, 0.29) is 35.2 Å². The van der Waals surface area contributed by atoms with E-state index in [4.69, 9.17) is 16.3 Å². The highest BCUT2D eigenvalue weighted by Crippen LogP contribution is 2.35. The maximum absolute atomic E-state index is 14.1. The lowest BCUT2D eigenvalue weighted by atomic mass is 10.2. The van der Waals surface area contributed by atoms with Gasteiger partial charge in [0.05, 0.1) is 11.1 Å². The molecule has 5 aromatic rings. The average Bonchev–Trinajstić information content (AvgIpc) is 3.03. The molecule has 0 radical (unpaired) electrons. The number of carbonyl (C=O) groups is 1. The van der Waals surface area contributed by atoms with Crippen molar-refractivity contribution >= 4 is 33.2 Å². The second-order valence-electron chi connectivity index (χ2n) is 10.3. The molecule has 2 N–H and O–H groups in total. The Kier molecular flexibility index (Phi) is 9.85. The lowest BCUT2D eigenvalue weighted by Crippen LogP contribution is -2.30. The summed E-state index contributed by atoms with van der Waals surface area (Å²) in [6, 6.07) is 26.0. The van der Waals surface area contributed by atoms with Crippen molar-refractivity contribution in [1.82, 2.24) is 4.31 Å². The van der Waals surface area contributed by atoms with Crippen LogP contribution in [0.1, 0.15) is 27.0 Å². The number of para-hydroxylation sites is 1. The third-order valence-corrected chi connectivity index (χ3v) is 8.93. The molecule has 0 aliphatic carbocycles. The number of nitrogens with one attached hydrogen (secondary N) is 1. The summed E-state index contributed by atoms with van der Waals surface area (Å²) in [5.41, 5.74) is 0.119.